The third-order valence-corrected chi connectivity index (χ3v) is 7.60. The van der Waals surface area contributed by atoms with Crippen LogP contribution in [0.4, 0.5) is 0 Å². The fraction of sp³-hybridized carbons (Fsp3) is 0.312. The highest BCUT2D eigenvalue weighted by Crippen LogP contribution is 2.45. The number of fused-ring (bicyclic) bond motifs is 1. The van der Waals surface area contributed by atoms with Crippen LogP contribution < -0.4 is 14.2 Å². The SMILES string of the molecule is CCOc1ccc(/C=C2\CCC[C@@H]3C2=NN(C(=O)COc2ccc(Cl)cc2Cl)[C@H]3c2ccc(OCC)cc2)cc1. The maximum Gasteiger partial charge on any atom is 0.281 e. The fourth-order valence-corrected chi connectivity index (χ4v) is 5.76. The van der Waals surface area contributed by atoms with Crippen molar-refractivity contribution in [3.8, 4) is 17.2 Å². The van der Waals surface area contributed by atoms with Crippen LogP contribution in [0.1, 0.15) is 50.3 Å². The molecular formula is C32H32Cl2N2O4. The molecule has 0 aromatic heterocycles. The van der Waals surface area contributed by atoms with E-state index in [4.69, 9.17) is 42.5 Å². The van der Waals surface area contributed by atoms with Crippen LogP contribution in [0.5, 0.6) is 17.2 Å². The Morgan fingerprint density at radius 1 is 0.950 bits per heavy atom. The molecule has 3 aromatic rings. The predicted octanol–water partition coefficient (Wildman–Crippen LogP) is 7.99. The lowest BCUT2D eigenvalue weighted by Gasteiger charge is -2.29. The van der Waals surface area contributed by atoms with Crippen molar-refractivity contribution in [3.63, 3.8) is 0 Å². The summed E-state index contributed by atoms with van der Waals surface area (Å²) in [7, 11) is 0. The minimum Gasteiger partial charge on any atom is -0.494 e. The number of nitrogens with zero attached hydrogens (tertiary/aromatic N) is 2. The van der Waals surface area contributed by atoms with Gasteiger partial charge >= 0.3 is 0 Å². The molecule has 6 nitrogen and oxygen atoms in total. The van der Waals surface area contributed by atoms with Gasteiger partial charge in [-0.3, -0.25) is 4.79 Å². The number of ether oxygens (including phenoxy) is 3. The summed E-state index contributed by atoms with van der Waals surface area (Å²) in [4.78, 5) is 13.6. The molecule has 2 atom stereocenters. The number of hydrogen-bond acceptors (Lipinski definition) is 5. The van der Waals surface area contributed by atoms with Gasteiger partial charge in [0.05, 0.1) is 30.0 Å². The zero-order chi connectivity index (χ0) is 28.1. The second kappa shape index (κ2) is 12.8. The quantitative estimate of drug-likeness (QED) is 0.258. The summed E-state index contributed by atoms with van der Waals surface area (Å²) in [5, 5.41) is 7.39. The zero-order valence-corrected chi connectivity index (χ0v) is 24.1. The van der Waals surface area contributed by atoms with Crippen molar-refractivity contribution >= 4 is 40.9 Å². The van der Waals surface area contributed by atoms with Crippen LogP contribution in [0.15, 0.2) is 77.4 Å². The number of halogens is 2. The maximum atomic E-state index is 13.6. The molecule has 208 valence electrons. The number of amides is 1. The molecule has 2 aliphatic rings. The molecule has 0 radical (unpaired) electrons. The highest BCUT2D eigenvalue weighted by Gasteiger charge is 2.43. The lowest BCUT2D eigenvalue weighted by Crippen LogP contribution is -2.34. The topological polar surface area (TPSA) is 60.4 Å². The number of hydrogen-bond donors (Lipinski definition) is 0. The molecule has 5 rings (SSSR count). The molecule has 1 aliphatic heterocycles. The number of rotatable bonds is 9. The molecule has 3 aromatic carbocycles. The molecule has 1 aliphatic carbocycles. The van der Waals surface area contributed by atoms with Gasteiger partial charge in [-0.1, -0.05) is 47.5 Å². The van der Waals surface area contributed by atoms with Crippen molar-refractivity contribution in [2.45, 2.75) is 39.2 Å². The minimum atomic E-state index is -0.244. The average molecular weight is 580 g/mol. The highest BCUT2D eigenvalue weighted by atomic mass is 35.5. The molecule has 0 saturated heterocycles. The van der Waals surface area contributed by atoms with Crippen molar-refractivity contribution in [1.82, 2.24) is 5.01 Å². The van der Waals surface area contributed by atoms with Gasteiger partial charge in [-0.15, -0.1) is 0 Å². The van der Waals surface area contributed by atoms with Gasteiger partial charge in [0.1, 0.15) is 17.2 Å². The Morgan fingerprint density at radius 3 is 2.27 bits per heavy atom. The summed E-state index contributed by atoms with van der Waals surface area (Å²) in [5.74, 6) is 1.87. The van der Waals surface area contributed by atoms with E-state index in [0.29, 0.717) is 29.0 Å². The van der Waals surface area contributed by atoms with Crippen LogP contribution in [0.2, 0.25) is 10.0 Å². The lowest BCUT2D eigenvalue weighted by atomic mass is 9.77. The van der Waals surface area contributed by atoms with Gasteiger partial charge in [0, 0.05) is 10.9 Å². The van der Waals surface area contributed by atoms with E-state index in [2.05, 4.69) is 6.08 Å². The first-order valence-electron chi connectivity index (χ1n) is 13.6. The Labute approximate surface area is 245 Å². The standard InChI is InChI=1S/C32H32Cl2N2O4/c1-3-38-25-13-8-21(9-14-25)18-23-6-5-7-27-31(23)35-36(32(27)22-10-15-26(16-11-22)39-4-2)30(37)20-40-29-17-12-24(33)19-28(29)34/h8-19,27,32H,3-7,20H2,1-2H3/b23-18+/t27-,32+/m1/s1. The van der Waals surface area contributed by atoms with Crippen LogP contribution in [0.3, 0.4) is 0 Å². The highest BCUT2D eigenvalue weighted by molar-refractivity contribution is 6.35. The Bertz CT molecular complexity index is 1400. The van der Waals surface area contributed by atoms with Gasteiger partial charge in [-0.05, 0) is 98.4 Å². The van der Waals surface area contributed by atoms with Gasteiger partial charge in [-0.25, -0.2) is 5.01 Å². The Balaban J connectivity index is 1.44. The van der Waals surface area contributed by atoms with Crippen molar-refractivity contribution in [1.29, 1.82) is 0 Å². The Morgan fingerprint density at radius 2 is 1.62 bits per heavy atom. The van der Waals surface area contributed by atoms with E-state index in [1.807, 2.05) is 62.4 Å². The van der Waals surface area contributed by atoms with E-state index in [-0.39, 0.29) is 24.5 Å². The van der Waals surface area contributed by atoms with Gasteiger partial charge in [0.25, 0.3) is 5.91 Å². The lowest BCUT2D eigenvalue weighted by molar-refractivity contribution is -0.135. The van der Waals surface area contributed by atoms with Crippen LogP contribution in [0.25, 0.3) is 6.08 Å². The summed E-state index contributed by atoms with van der Waals surface area (Å²) < 4.78 is 17.1. The summed E-state index contributed by atoms with van der Waals surface area (Å²) >= 11 is 12.3. The molecule has 1 saturated carbocycles. The first-order valence-corrected chi connectivity index (χ1v) is 14.4. The molecule has 0 N–H and O–H groups in total. The van der Waals surface area contributed by atoms with E-state index in [9.17, 15) is 4.79 Å². The number of benzene rings is 3. The fourth-order valence-electron chi connectivity index (χ4n) is 5.29. The van der Waals surface area contributed by atoms with Crippen molar-refractivity contribution in [3.05, 3.63) is 93.5 Å². The smallest absolute Gasteiger partial charge is 0.281 e. The Hall–Kier alpha value is -3.48. The molecule has 8 heteroatoms. The van der Waals surface area contributed by atoms with E-state index in [1.165, 1.54) is 0 Å². The summed E-state index contributed by atoms with van der Waals surface area (Å²) in [6.07, 6.45) is 5.02. The third-order valence-electron chi connectivity index (χ3n) is 7.07. The second-order valence-corrected chi connectivity index (χ2v) is 10.5. The number of hydrazone groups is 1. The summed E-state index contributed by atoms with van der Waals surface area (Å²) in [6.45, 7) is 4.95. The molecule has 40 heavy (non-hydrogen) atoms. The van der Waals surface area contributed by atoms with Crippen LogP contribution >= 0.6 is 23.2 Å². The summed E-state index contributed by atoms with van der Waals surface area (Å²) in [5.41, 5.74) is 4.18. The first-order chi connectivity index (χ1) is 19.5. The predicted molar refractivity (Wildman–Crippen MR) is 160 cm³/mol. The molecule has 1 heterocycles. The van der Waals surface area contributed by atoms with E-state index in [1.54, 1.807) is 23.2 Å². The number of carbonyl (C=O) groups is 1. The largest absolute Gasteiger partial charge is 0.494 e. The number of carbonyl (C=O) groups excluding carboxylic acids is 1. The monoisotopic (exact) mass is 578 g/mol. The van der Waals surface area contributed by atoms with Crippen LogP contribution in [-0.4, -0.2) is 36.4 Å². The van der Waals surface area contributed by atoms with Gasteiger partial charge < -0.3 is 14.2 Å². The molecule has 0 spiro atoms. The van der Waals surface area contributed by atoms with Crippen molar-refractivity contribution < 1.29 is 19.0 Å². The van der Waals surface area contributed by atoms with Gasteiger partial charge in [0.15, 0.2) is 6.61 Å². The van der Waals surface area contributed by atoms with E-state index >= 15 is 0 Å². The van der Waals surface area contributed by atoms with Crippen molar-refractivity contribution in [2.75, 3.05) is 19.8 Å². The summed E-state index contributed by atoms with van der Waals surface area (Å²) in [6, 6.07) is 20.7. The zero-order valence-electron chi connectivity index (χ0n) is 22.6. The Kier molecular flexibility index (Phi) is 8.98. The second-order valence-electron chi connectivity index (χ2n) is 9.70. The average Bonchev–Trinajstić information content (AvgIpc) is 3.35. The first kappa shape index (κ1) is 28.1. The van der Waals surface area contributed by atoms with E-state index in [0.717, 1.165) is 53.2 Å². The minimum absolute atomic E-state index is 0.0729. The molecule has 0 unspecified atom stereocenters. The third kappa shape index (κ3) is 6.29. The molecule has 0 bridgehead atoms. The molecular weight excluding hydrogens is 547 g/mol. The van der Waals surface area contributed by atoms with Gasteiger partial charge in [-0.2, -0.15) is 5.10 Å². The van der Waals surface area contributed by atoms with Crippen molar-refractivity contribution in [2.24, 2.45) is 11.0 Å². The van der Waals surface area contributed by atoms with E-state index < -0.39 is 0 Å². The van der Waals surface area contributed by atoms with Crippen LogP contribution in [0, 0.1) is 5.92 Å². The molecule has 1 amide bonds. The molecule has 1 fully saturated rings. The van der Waals surface area contributed by atoms with Crippen LogP contribution in [-0.2, 0) is 4.79 Å². The number of allylic oxidation sites excluding steroid dienone is 1. The normalized spacial score (nSPS) is 19.2. The van der Waals surface area contributed by atoms with Gasteiger partial charge in [0.2, 0.25) is 0 Å². The maximum absolute atomic E-state index is 13.6.